The van der Waals surface area contributed by atoms with Gasteiger partial charge in [0.25, 0.3) is 0 Å². The summed E-state index contributed by atoms with van der Waals surface area (Å²) in [5.74, 6) is 0.684. The molecule has 1 aliphatic rings. The van der Waals surface area contributed by atoms with Crippen LogP contribution >= 0.6 is 12.2 Å². The second kappa shape index (κ2) is 5.61. The molecule has 0 amide bonds. The normalized spacial score (nSPS) is 21.5. The average Bonchev–Trinajstić information content (AvgIpc) is 2.32. The third kappa shape index (κ3) is 3.24. The Morgan fingerprint density at radius 2 is 2.10 bits per heavy atom. The van der Waals surface area contributed by atoms with E-state index in [1.54, 1.807) is 0 Å². The molecule has 2 heterocycles. The molecule has 0 saturated carbocycles. The molecule has 2 rings (SSSR count). The Balaban J connectivity index is 2.25. The van der Waals surface area contributed by atoms with Crippen molar-refractivity contribution in [2.75, 3.05) is 11.9 Å². The second-order valence-electron chi connectivity index (χ2n) is 5.94. The molecule has 0 radical (unpaired) electrons. The van der Waals surface area contributed by atoms with Crippen LogP contribution in [-0.4, -0.2) is 33.4 Å². The molecule has 1 unspecified atom stereocenters. The highest BCUT2D eigenvalue weighted by atomic mass is 32.1. The quantitative estimate of drug-likeness (QED) is 0.832. The molecule has 1 aromatic rings. The van der Waals surface area contributed by atoms with Crippen molar-refractivity contribution in [2.45, 2.75) is 52.2 Å². The van der Waals surface area contributed by atoms with Gasteiger partial charge in [-0.3, -0.25) is 0 Å². The van der Waals surface area contributed by atoms with Crippen molar-refractivity contribution in [3.8, 4) is 0 Å². The molecule has 1 aliphatic heterocycles. The number of nitrogens with two attached hydrogens (primary N) is 1. The minimum atomic E-state index is -0.119. The van der Waals surface area contributed by atoms with Gasteiger partial charge in [-0.15, -0.1) is 5.10 Å². The first-order valence-electron chi connectivity index (χ1n) is 6.84. The van der Waals surface area contributed by atoms with Gasteiger partial charge in [0, 0.05) is 12.6 Å². The number of hydrogen-bond donors (Lipinski definition) is 2. The van der Waals surface area contributed by atoms with Crippen LogP contribution in [-0.2, 0) is 4.74 Å². The van der Waals surface area contributed by atoms with E-state index in [4.69, 9.17) is 22.7 Å². The molecule has 1 aromatic heterocycles. The van der Waals surface area contributed by atoms with Crippen molar-refractivity contribution in [1.29, 1.82) is 0 Å². The predicted molar refractivity (Wildman–Crippen MR) is 84.1 cm³/mol. The van der Waals surface area contributed by atoms with E-state index < -0.39 is 0 Å². The topological polar surface area (TPSA) is 73.1 Å². The third-order valence-electron chi connectivity index (χ3n) is 3.74. The second-order valence-corrected chi connectivity index (χ2v) is 6.38. The van der Waals surface area contributed by atoms with E-state index in [1.807, 2.05) is 13.8 Å². The maximum Gasteiger partial charge on any atom is 0.159 e. The first-order chi connectivity index (χ1) is 9.30. The fourth-order valence-corrected chi connectivity index (χ4v) is 2.81. The molecule has 0 bridgehead atoms. The number of nitrogens with one attached hydrogen (secondary N) is 1. The fourth-order valence-electron chi connectivity index (χ4n) is 2.56. The molecule has 6 heteroatoms. The Labute approximate surface area is 125 Å². The van der Waals surface area contributed by atoms with Gasteiger partial charge < -0.3 is 15.8 Å². The number of thiocarbonyl (C=S) groups is 1. The zero-order valence-electron chi connectivity index (χ0n) is 12.5. The lowest BCUT2D eigenvalue weighted by atomic mass is 9.93. The first-order valence-corrected chi connectivity index (χ1v) is 7.25. The van der Waals surface area contributed by atoms with Gasteiger partial charge in [0.1, 0.15) is 4.99 Å². The van der Waals surface area contributed by atoms with Gasteiger partial charge in [-0.2, -0.15) is 5.10 Å². The molecule has 110 valence electrons. The third-order valence-corrected chi connectivity index (χ3v) is 3.94. The summed E-state index contributed by atoms with van der Waals surface area (Å²) in [6.45, 7) is 8.82. The zero-order valence-corrected chi connectivity index (χ0v) is 13.3. The zero-order chi connectivity index (χ0) is 14.9. The lowest BCUT2D eigenvalue weighted by Crippen LogP contribution is -2.40. The number of nitrogens with zero attached hydrogens (tertiary/aromatic N) is 2. The van der Waals surface area contributed by atoms with Gasteiger partial charge in [-0.05, 0) is 46.1 Å². The lowest BCUT2D eigenvalue weighted by Gasteiger charge is -2.36. The number of hydrogen-bond acceptors (Lipinski definition) is 5. The molecule has 5 nitrogen and oxygen atoms in total. The maximum absolute atomic E-state index is 5.84. The molecule has 1 saturated heterocycles. The molecule has 0 aromatic carbocycles. The smallest absolute Gasteiger partial charge is 0.159 e. The molecule has 3 N–H and O–H groups in total. The summed E-state index contributed by atoms with van der Waals surface area (Å²) in [6.07, 6.45) is 1.85. The molecular weight excluding hydrogens is 272 g/mol. The highest BCUT2D eigenvalue weighted by Crippen LogP contribution is 2.27. The summed E-state index contributed by atoms with van der Waals surface area (Å²) in [5.41, 5.74) is 8.37. The van der Waals surface area contributed by atoms with Crippen LogP contribution in [0.3, 0.4) is 0 Å². The summed E-state index contributed by atoms with van der Waals surface area (Å²) in [6, 6.07) is 0.295. The summed E-state index contributed by atoms with van der Waals surface area (Å²) in [7, 11) is 0. The Morgan fingerprint density at radius 3 is 2.70 bits per heavy atom. The van der Waals surface area contributed by atoms with Crippen molar-refractivity contribution < 1.29 is 4.74 Å². The van der Waals surface area contributed by atoms with Crippen molar-refractivity contribution in [3.05, 3.63) is 16.8 Å². The van der Waals surface area contributed by atoms with Crippen LogP contribution in [0.15, 0.2) is 0 Å². The van der Waals surface area contributed by atoms with Crippen LogP contribution in [0.4, 0.5) is 5.82 Å². The van der Waals surface area contributed by atoms with E-state index in [2.05, 4.69) is 29.4 Å². The van der Waals surface area contributed by atoms with Crippen LogP contribution in [0.2, 0.25) is 0 Å². The Morgan fingerprint density at radius 1 is 1.40 bits per heavy atom. The molecular formula is C14H22N4OS. The average molecular weight is 294 g/mol. The van der Waals surface area contributed by atoms with Crippen LogP contribution < -0.4 is 11.1 Å². The van der Waals surface area contributed by atoms with Crippen molar-refractivity contribution in [2.24, 2.45) is 5.73 Å². The molecule has 20 heavy (non-hydrogen) atoms. The van der Waals surface area contributed by atoms with Gasteiger partial charge in [0.05, 0.1) is 16.9 Å². The summed E-state index contributed by atoms with van der Waals surface area (Å²) in [5, 5.41) is 11.8. The largest absolute Gasteiger partial charge is 0.389 e. The summed E-state index contributed by atoms with van der Waals surface area (Å²) >= 11 is 5.15. The molecule has 1 fully saturated rings. The van der Waals surface area contributed by atoms with E-state index in [-0.39, 0.29) is 5.60 Å². The lowest BCUT2D eigenvalue weighted by molar-refractivity contribution is -0.0553. The van der Waals surface area contributed by atoms with Gasteiger partial charge in [0.2, 0.25) is 0 Å². The number of rotatable bonds is 3. The highest BCUT2D eigenvalue weighted by molar-refractivity contribution is 7.80. The van der Waals surface area contributed by atoms with Crippen molar-refractivity contribution in [3.63, 3.8) is 0 Å². The molecule has 1 atom stereocenters. The number of aryl methyl sites for hydroxylation is 1. The van der Waals surface area contributed by atoms with E-state index in [9.17, 15) is 0 Å². The minimum Gasteiger partial charge on any atom is -0.389 e. The van der Waals surface area contributed by atoms with E-state index in [1.165, 1.54) is 0 Å². The number of ether oxygens (including phenoxy) is 1. The van der Waals surface area contributed by atoms with Crippen molar-refractivity contribution >= 4 is 23.0 Å². The van der Waals surface area contributed by atoms with Gasteiger partial charge in [-0.1, -0.05) is 12.2 Å². The summed E-state index contributed by atoms with van der Waals surface area (Å²) in [4.78, 5) is 0.356. The first kappa shape index (κ1) is 15.1. The SMILES string of the molecule is Cc1nnc(NC2CCOC(C)(C)C2)c(C(N)=S)c1C. The van der Waals surface area contributed by atoms with Gasteiger partial charge >= 0.3 is 0 Å². The fraction of sp³-hybridized carbons (Fsp3) is 0.643. The monoisotopic (exact) mass is 294 g/mol. The predicted octanol–water partition coefficient (Wildman–Crippen LogP) is 2.10. The standard InChI is InChI=1S/C14H22N4OS/c1-8-9(2)17-18-13(11(8)12(15)20)16-10-5-6-19-14(3,4)7-10/h10H,5-7H2,1-4H3,(H2,15,20)(H,16,18). The molecule has 0 spiro atoms. The van der Waals surface area contributed by atoms with Crippen LogP contribution in [0.25, 0.3) is 0 Å². The van der Waals surface area contributed by atoms with Crippen LogP contribution in [0.5, 0.6) is 0 Å². The van der Waals surface area contributed by atoms with E-state index in [0.29, 0.717) is 16.8 Å². The van der Waals surface area contributed by atoms with Gasteiger partial charge in [0.15, 0.2) is 5.82 Å². The van der Waals surface area contributed by atoms with E-state index in [0.717, 1.165) is 36.3 Å². The summed E-state index contributed by atoms with van der Waals surface area (Å²) < 4.78 is 5.73. The highest BCUT2D eigenvalue weighted by Gasteiger charge is 2.29. The van der Waals surface area contributed by atoms with Crippen molar-refractivity contribution in [1.82, 2.24) is 10.2 Å². The maximum atomic E-state index is 5.84. The number of aromatic nitrogens is 2. The van der Waals surface area contributed by atoms with Crippen LogP contribution in [0, 0.1) is 13.8 Å². The van der Waals surface area contributed by atoms with E-state index >= 15 is 0 Å². The molecule has 0 aliphatic carbocycles. The van der Waals surface area contributed by atoms with Gasteiger partial charge in [-0.25, -0.2) is 0 Å². The Hall–Kier alpha value is -1.27. The Bertz CT molecular complexity index is 530. The van der Waals surface area contributed by atoms with Crippen LogP contribution in [0.1, 0.15) is 43.5 Å². The number of anilines is 1. The Kier molecular flexibility index (Phi) is 4.25. The minimum absolute atomic E-state index is 0.119.